The molecular formula is C26H35N5O3. The van der Waals surface area contributed by atoms with Crippen molar-refractivity contribution in [1.82, 2.24) is 20.5 Å². The number of unbranched alkanes of at least 4 members (excludes halogenated alkanes) is 3. The lowest BCUT2D eigenvalue weighted by atomic mass is 9.81. The van der Waals surface area contributed by atoms with Gasteiger partial charge in [0.25, 0.3) is 0 Å². The van der Waals surface area contributed by atoms with Gasteiger partial charge >= 0.3 is 0 Å². The van der Waals surface area contributed by atoms with Crippen LogP contribution in [0.2, 0.25) is 0 Å². The maximum Gasteiger partial charge on any atom is 0.236 e. The Labute approximate surface area is 200 Å². The lowest BCUT2D eigenvalue weighted by Gasteiger charge is -2.45. The molecule has 0 spiro atoms. The Morgan fingerprint density at radius 2 is 2.00 bits per heavy atom. The average molecular weight is 466 g/mol. The van der Waals surface area contributed by atoms with Crippen molar-refractivity contribution < 1.29 is 14.3 Å². The van der Waals surface area contributed by atoms with Crippen LogP contribution in [0.15, 0.2) is 36.4 Å². The minimum atomic E-state index is 0.00159. The van der Waals surface area contributed by atoms with Crippen molar-refractivity contribution in [3.8, 4) is 0 Å². The van der Waals surface area contributed by atoms with Crippen LogP contribution in [0.4, 0.5) is 5.82 Å². The van der Waals surface area contributed by atoms with Gasteiger partial charge in [-0.3, -0.25) is 19.8 Å². The number of nitrogens with zero attached hydrogens (tertiary/aromatic N) is 2. The number of rotatable bonds is 9. The number of amides is 2. The Morgan fingerprint density at radius 1 is 1.12 bits per heavy atom. The number of hydrogen-bond acceptors (Lipinski definition) is 6. The quantitative estimate of drug-likeness (QED) is 0.493. The molecule has 2 aliphatic heterocycles. The number of carbonyl (C=O) groups excluding carboxylic acids is 2. The highest BCUT2D eigenvalue weighted by atomic mass is 16.5. The van der Waals surface area contributed by atoms with E-state index in [-0.39, 0.29) is 18.1 Å². The third kappa shape index (κ3) is 5.74. The van der Waals surface area contributed by atoms with Gasteiger partial charge in [0.1, 0.15) is 12.1 Å². The molecule has 2 saturated heterocycles. The fourth-order valence-corrected chi connectivity index (χ4v) is 5.49. The maximum atomic E-state index is 12.2. The summed E-state index contributed by atoms with van der Waals surface area (Å²) < 4.78 is 6.18. The number of fused-ring (bicyclic) bond motifs is 3. The van der Waals surface area contributed by atoms with E-state index in [0.717, 1.165) is 69.0 Å². The topological polar surface area (TPSA) is 95.6 Å². The highest BCUT2D eigenvalue weighted by Crippen LogP contribution is 2.31. The minimum Gasteiger partial charge on any atom is -0.378 e. The van der Waals surface area contributed by atoms with Crippen LogP contribution in [0.5, 0.6) is 0 Å². The number of nitrogens with one attached hydrogen (secondary N) is 3. The van der Waals surface area contributed by atoms with Gasteiger partial charge in [-0.05, 0) is 56.2 Å². The fourth-order valence-electron chi connectivity index (χ4n) is 5.49. The summed E-state index contributed by atoms with van der Waals surface area (Å²) in [5, 5.41) is 10.6. The first-order valence-electron chi connectivity index (χ1n) is 12.7. The molecule has 0 radical (unpaired) electrons. The van der Waals surface area contributed by atoms with E-state index < -0.39 is 0 Å². The molecule has 8 nitrogen and oxygen atoms in total. The minimum absolute atomic E-state index is 0.00159. The first kappa shape index (κ1) is 23.2. The van der Waals surface area contributed by atoms with Crippen molar-refractivity contribution in [2.75, 3.05) is 25.0 Å². The molecule has 2 aromatic rings. The molecule has 5 rings (SSSR count). The zero-order valence-electron chi connectivity index (χ0n) is 19.7. The van der Waals surface area contributed by atoms with E-state index in [4.69, 9.17) is 4.74 Å². The summed E-state index contributed by atoms with van der Waals surface area (Å²) in [5.41, 5.74) is 0.889. The molecule has 0 bridgehead atoms. The molecule has 3 heterocycles. The van der Waals surface area contributed by atoms with E-state index in [1.54, 1.807) is 0 Å². The summed E-state index contributed by atoms with van der Waals surface area (Å²) in [4.78, 5) is 30.6. The SMILES string of the molecule is O=C(CCCCCCOC1CCC2CN3CC(=O)NC3NC2C1)Nc1ccc2ccccc2n1. The number of pyridine rings is 1. The first-order valence-corrected chi connectivity index (χ1v) is 12.7. The lowest BCUT2D eigenvalue weighted by molar-refractivity contribution is -0.119. The predicted octanol–water partition coefficient (Wildman–Crippen LogP) is 3.00. The molecule has 1 aliphatic carbocycles. The maximum absolute atomic E-state index is 12.2. The second-order valence-corrected chi connectivity index (χ2v) is 9.84. The van der Waals surface area contributed by atoms with Gasteiger partial charge in [0.15, 0.2) is 0 Å². The molecule has 3 fully saturated rings. The number of hydrogen-bond donors (Lipinski definition) is 3. The Hall–Kier alpha value is -2.55. The number of ether oxygens (including phenoxy) is 1. The van der Waals surface area contributed by atoms with E-state index in [2.05, 4.69) is 25.8 Å². The van der Waals surface area contributed by atoms with Gasteiger partial charge in [-0.1, -0.05) is 31.0 Å². The van der Waals surface area contributed by atoms with E-state index in [1.165, 1.54) is 0 Å². The van der Waals surface area contributed by atoms with Crippen LogP contribution in [0.1, 0.15) is 51.4 Å². The van der Waals surface area contributed by atoms with Crippen LogP contribution in [0.25, 0.3) is 10.9 Å². The Bertz CT molecular complexity index is 1010. The standard InChI is InChI=1S/C26H35N5O3/c32-24(29-23-13-11-18-7-4-5-8-21(18)27-23)9-3-1-2-6-14-34-20-12-10-19-16-31-17-25(33)30-26(31)28-22(19)15-20/h4-5,7-8,11,13,19-20,22,26,28H,1-3,6,9-10,12,14-17H2,(H,30,33)(H,27,29,32). The highest BCUT2D eigenvalue weighted by molar-refractivity contribution is 5.91. The second kappa shape index (κ2) is 10.8. The Morgan fingerprint density at radius 3 is 2.94 bits per heavy atom. The fraction of sp³-hybridized carbons (Fsp3) is 0.577. The molecule has 4 unspecified atom stereocenters. The molecule has 3 aliphatic rings. The van der Waals surface area contributed by atoms with Gasteiger partial charge in [0.05, 0.1) is 18.2 Å². The van der Waals surface area contributed by atoms with Crippen molar-refractivity contribution >= 4 is 28.5 Å². The molecule has 34 heavy (non-hydrogen) atoms. The molecule has 3 N–H and O–H groups in total. The van der Waals surface area contributed by atoms with E-state index in [0.29, 0.717) is 36.8 Å². The van der Waals surface area contributed by atoms with Gasteiger partial charge in [0, 0.05) is 31.0 Å². The van der Waals surface area contributed by atoms with Crippen LogP contribution in [-0.2, 0) is 14.3 Å². The monoisotopic (exact) mass is 465 g/mol. The summed E-state index contributed by atoms with van der Waals surface area (Å²) in [7, 11) is 0. The molecular weight excluding hydrogens is 430 g/mol. The van der Waals surface area contributed by atoms with Crippen LogP contribution in [-0.4, -0.2) is 59.8 Å². The van der Waals surface area contributed by atoms with Crippen molar-refractivity contribution in [3.63, 3.8) is 0 Å². The van der Waals surface area contributed by atoms with Crippen LogP contribution in [0, 0.1) is 5.92 Å². The third-order valence-corrected chi connectivity index (χ3v) is 7.31. The number of para-hydroxylation sites is 1. The predicted molar refractivity (Wildman–Crippen MR) is 131 cm³/mol. The molecule has 1 saturated carbocycles. The van der Waals surface area contributed by atoms with Crippen LogP contribution >= 0.6 is 0 Å². The van der Waals surface area contributed by atoms with Gasteiger partial charge in [-0.2, -0.15) is 0 Å². The van der Waals surface area contributed by atoms with Crippen LogP contribution < -0.4 is 16.0 Å². The van der Waals surface area contributed by atoms with Crippen LogP contribution in [0.3, 0.4) is 0 Å². The van der Waals surface area contributed by atoms with Gasteiger partial charge < -0.3 is 15.4 Å². The lowest BCUT2D eigenvalue weighted by Crippen LogP contribution is -2.62. The molecule has 2 amide bonds. The summed E-state index contributed by atoms with van der Waals surface area (Å²) in [6.45, 7) is 2.29. The summed E-state index contributed by atoms with van der Waals surface area (Å²) >= 11 is 0. The average Bonchev–Trinajstić information content (AvgIpc) is 3.20. The molecule has 182 valence electrons. The normalized spacial score (nSPS) is 26.6. The largest absolute Gasteiger partial charge is 0.378 e. The summed E-state index contributed by atoms with van der Waals surface area (Å²) in [5.74, 6) is 1.36. The number of aromatic nitrogens is 1. The summed E-state index contributed by atoms with van der Waals surface area (Å²) in [6.07, 6.45) is 8.09. The van der Waals surface area contributed by atoms with E-state index >= 15 is 0 Å². The zero-order valence-corrected chi connectivity index (χ0v) is 19.7. The van der Waals surface area contributed by atoms with Crippen molar-refractivity contribution in [2.24, 2.45) is 5.92 Å². The summed E-state index contributed by atoms with van der Waals surface area (Å²) in [6, 6.07) is 12.2. The van der Waals surface area contributed by atoms with E-state index in [9.17, 15) is 9.59 Å². The van der Waals surface area contributed by atoms with Crippen molar-refractivity contribution in [3.05, 3.63) is 36.4 Å². The molecule has 1 aromatic heterocycles. The smallest absolute Gasteiger partial charge is 0.236 e. The Balaban J connectivity index is 0.933. The third-order valence-electron chi connectivity index (χ3n) is 7.31. The van der Waals surface area contributed by atoms with E-state index in [1.807, 2.05) is 36.4 Å². The van der Waals surface area contributed by atoms with Crippen molar-refractivity contribution in [1.29, 1.82) is 0 Å². The zero-order chi connectivity index (χ0) is 23.3. The second-order valence-electron chi connectivity index (χ2n) is 9.84. The molecule has 4 atom stereocenters. The number of carbonyl (C=O) groups is 2. The number of anilines is 1. The number of benzene rings is 1. The molecule has 1 aromatic carbocycles. The van der Waals surface area contributed by atoms with Crippen molar-refractivity contribution in [2.45, 2.75) is 69.8 Å². The van der Waals surface area contributed by atoms with Gasteiger partial charge in [-0.25, -0.2) is 4.98 Å². The van der Waals surface area contributed by atoms with Gasteiger partial charge in [-0.15, -0.1) is 0 Å². The van der Waals surface area contributed by atoms with Gasteiger partial charge in [0.2, 0.25) is 11.8 Å². The molecule has 8 heteroatoms. The Kier molecular flexibility index (Phi) is 7.37. The highest BCUT2D eigenvalue weighted by Gasteiger charge is 2.42. The first-order chi connectivity index (χ1) is 16.6.